The van der Waals surface area contributed by atoms with Crippen molar-refractivity contribution in [1.82, 2.24) is 5.32 Å². The molecule has 0 amide bonds. The van der Waals surface area contributed by atoms with Crippen LogP contribution in [0.2, 0.25) is 0 Å². The molecule has 0 spiro atoms. The monoisotopic (exact) mass is 287 g/mol. The molecule has 0 fully saturated rings. The number of aliphatic hydroxyl groups is 1. The summed E-state index contributed by atoms with van der Waals surface area (Å²) in [6, 6.07) is 5.86. The molecule has 0 bridgehead atoms. The minimum absolute atomic E-state index is 0.211. The second kappa shape index (κ2) is 6.23. The lowest BCUT2D eigenvalue weighted by Crippen LogP contribution is -2.26. The largest absolute Gasteiger partial charge is 0.488 e. The Labute approximate surface area is 105 Å². The van der Waals surface area contributed by atoms with Crippen LogP contribution in [-0.4, -0.2) is 24.4 Å². The second-order valence-electron chi connectivity index (χ2n) is 3.85. The molecule has 0 saturated heterocycles. The van der Waals surface area contributed by atoms with Gasteiger partial charge in [0, 0.05) is 16.6 Å². The first kappa shape index (κ1) is 13.5. The SMILES string of the molecule is CNCc1cc(Br)ccc1OC(C)C(C)O. The van der Waals surface area contributed by atoms with Gasteiger partial charge in [-0.15, -0.1) is 0 Å². The van der Waals surface area contributed by atoms with Crippen molar-refractivity contribution in [2.75, 3.05) is 7.05 Å². The van der Waals surface area contributed by atoms with Crippen LogP contribution >= 0.6 is 15.9 Å². The van der Waals surface area contributed by atoms with Crippen LogP contribution in [0.1, 0.15) is 19.4 Å². The molecule has 0 heterocycles. The lowest BCUT2D eigenvalue weighted by Gasteiger charge is -2.19. The van der Waals surface area contributed by atoms with E-state index in [1.165, 1.54) is 0 Å². The van der Waals surface area contributed by atoms with Crippen LogP contribution < -0.4 is 10.1 Å². The predicted octanol–water partition coefficient (Wildman–Crippen LogP) is 2.32. The zero-order valence-electron chi connectivity index (χ0n) is 9.83. The van der Waals surface area contributed by atoms with E-state index in [1.807, 2.05) is 32.2 Å². The van der Waals surface area contributed by atoms with Crippen LogP contribution in [0.5, 0.6) is 5.75 Å². The first-order valence-electron chi connectivity index (χ1n) is 5.32. The fraction of sp³-hybridized carbons (Fsp3) is 0.500. The fourth-order valence-corrected chi connectivity index (χ4v) is 1.70. The van der Waals surface area contributed by atoms with Gasteiger partial charge in [-0.05, 0) is 39.1 Å². The molecule has 0 aliphatic carbocycles. The Kier molecular flexibility index (Phi) is 5.25. The maximum Gasteiger partial charge on any atom is 0.124 e. The van der Waals surface area contributed by atoms with Gasteiger partial charge >= 0.3 is 0 Å². The lowest BCUT2D eigenvalue weighted by molar-refractivity contribution is 0.0598. The molecule has 1 aromatic rings. The zero-order chi connectivity index (χ0) is 12.1. The molecular weight excluding hydrogens is 270 g/mol. The number of hydrogen-bond donors (Lipinski definition) is 2. The smallest absolute Gasteiger partial charge is 0.124 e. The molecule has 16 heavy (non-hydrogen) atoms. The number of hydrogen-bond acceptors (Lipinski definition) is 3. The third-order valence-corrected chi connectivity index (χ3v) is 2.88. The van der Waals surface area contributed by atoms with Crippen molar-refractivity contribution in [2.24, 2.45) is 0 Å². The Morgan fingerprint density at radius 1 is 1.44 bits per heavy atom. The summed E-state index contributed by atoms with van der Waals surface area (Å²) in [5, 5.41) is 12.5. The molecular formula is C12H18BrNO2. The number of ether oxygens (including phenoxy) is 1. The summed E-state index contributed by atoms with van der Waals surface area (Å²) in [6.07, 6.45) is -0.692. The third-order valence-electron chi connectivity index (χ3n) is 2.38. The molecule has 4 heteroatoms. The van der Waals surface area contributed by atoms with Gasteiger partial charge in [0.05, 0.1) is 6.10 Å². The summed E-state index contributed by atoms with van der Waals surface area (Å²) in [5.74, 6) is 0.811. The average molecular weight is 288 g/mol. The predicted molar refractivity (Wildman–Crippen MR) is 68.7 cm³/mol. The number of aliphatic hydroxyl groups excluding tert-OH is 1. The first-order valence-corrected chi connectivity index (χ1v) is 6.11. The molecule has 2 unspecified atom stereocenters. The minimum Gasteiger partial charge on any atom is -0.488 e. The molecule has 2 atom stereocenters. The maximum atomic E-state index is 9.41. The second-order valence-corrected chi connectivity index (χ2v) is 4.76. The van der Waals surface area contributed by atoms with Gasteiger partial charge in [0.2, 0.25) is 0 Å². The number of benzene rings is 1. The van der Waals surface area contributed by atoms with Crippen molar-refractivity contribution < 1.29 is 9.84 Å². The topological polar surface area (TPSA) is 41.5 Å². The van der Waals surface area contributed by atoms with Crippen LogP contribution in [0.3, 0.4) is 0 Å². The summed E-state index contributed by atoms with van der Waals surface area (Å²) in [4.78, 5) is 0. The third kappa shape index (κ3) is 3.77. The fourth-order valence-electron chi connectivity index (χ4n) is 1.29. The number of halogens is 1. The van der Waals surface area contributed by atoms with Gasteiger partial charge in [0.15, 0.2) is 0 Å². The summed E-state index contributed by atoms with van der Waals surface area (Å²) >= 11 is 3.43. The number of nitrogens with one attached hydrogen (secondary N) is 1. The Balaban J connectivity index is 2.85. The molecule has 0 aliphatic rings. The van der Waals surface area contributed by atoms with E-state index in [4.69, 9.17) is 4.74 Å². The van der Waals surface area contributed by atoms with Gasteiger partial charge < -0.3 is 15.2 Å². The Bertz CT molecular complexity index is 342. The maximum absolute atomic E-state index is 9.41. The summed E-state index contributed by atoms with van der Waals surface area (Å²) in [6.45, 7) is 4.32. The van der Waals surface area contributed by atoms with Gasteiger partial charge in [-0.2, -0.15) is 0 Å². The van der Waals surface area contributed by atoms with Crippen LogP contribution in [0, 0.1) is 0 Å². The summed E-state index contributed by atoms with van der Waals surface area (Å²) in [7, 11) is 1.89. The standard InChI is InChI=1S/C12H18BrNO2/c1-8(15)9(2)16-12-5-4-11(13)6-10(12)7-14-3/h4-6,8-9,14-15H,7H2,1-3H3. The number of rotatable bonds is 5. The van der Waals surface area contributed by atoms with E-state index < -0.39 is 6.10 Å². The average Bonchev–Trinajstić information content (AvgIpc) is 2.22. The van der Waals surface area contributed by atoms with E-state index in [9.17, 15) is 5.11 Å². The first-order chi connectivity index (χ1) is 7.54. The van der Waals surface area contributed by atoms with Crippen molar-refractivity contribution in [3.05, 3.63) is 28.2 Å². The van der Waals surface area contributed by atoms with Gasteiger partial charge in [-0.1, -0.05) is 15.9 Å². The van der Waals surface area contributed by atoms with Crippen molar-refractivity contribution in [3.63, 3.8) is 0 Å². The van der Waals surface area contributed by atoms with Crippen LogP contribution in [0.15, 0.2) is 22.7 Å². The highest BCUT2D eigenvalue weighted by Crippen LogP contribution is 2.24. The van der Waals surface area contributed by atoms with E-state index in [0.29, 0.717) is 0 Å². The van der Waals surface area contributed by atoms with Gasteiger partial charge in [0.1, 0.15) is 11.9 Å². The van der Waals surface area contributed by atoms with E-state index in [1.54, 1.807) is 6.92 Å². The lowest BCUT2D eigenvalue weighted by atomic mass is 10.2. The van der Waals surface area contributed by atoms with E-state index in [-0.39, 0.29) is 6.10 Å². The Morgan fingerprint density at radius 3 is 2.69 bits per heavy atom. The van der Waals surface area contributed by atoms with Crippen molar-refractivity contribution >= 4 is 15.9 Å². The minimum atomic E-state index is -0.480. The van der Waals surface area contributed by atoms with E-state index in [0.717, 1.165) is 22.3 Å². The molecule has 2 N–H and O–H groups in total. The van der Waals surface area contributed by atoms with E-state index in [2.05, 4.69) is 21.2 Å². The molecule has 0 radical (unpaired) electrons. The van der Waals surface area contributed by atoms with Crippen molar-refractivity contribution in [3.8, 4) is 5.75 Å². The summed E-state index contributed by atoms with van der Waals surface area (Å²) < 4.78 is 6.73. The highest BCUT2D eigenvalue weighted by atomic mass is 79.9. The van der Waals surface area contributed by atoms with Crippen LogP contribution in [0.4, 0.5) is 0 Å². The molecule has 0 aliphatic heterocycles. The Morgan fingerprint density at radius 2 is 2.12 bits per heavy atom. The molecule has 1 rings (SSSR count). The molecule has 3 nitrogen and oxygen atoms in total. The molecule has 1 aromatic carbocycles. The quantitative estimate of drug-likeness (QED) is 0.873. The van der Waals surface area contributed by atoms with Crippen molar-refractivity contribution in [1.29, 1.82) is 0 Å². The van der Waals surface area contributed by atoms with Crippen molar-refractivity contribution in [2.45, 2.75) is 32.6 Å². The van der Waals surface area contributed by atoms with E-state index >= 15 is 0 Å². The highest BCUT2D eigenvalue weighted by molar-refractivity contribution is 9.10. The van der Waals surface area contributed by atoms with Crippen LogP contribution in [0.25, 0.3) is 0 Å². The Hall–Kier alpha value is -0.580. The highest BCUT2D eigenvalue weighted by Gasteiger charge is 2.12. The normalized spacial score (nSPS) is 14.6. The molecule has 0 saturated carbocycles. The van der Waals surface area contributed by atoms with Crippen LogP contribution in [-0.2, 0) is 6.54 Å². The van der Waals surface area contributed by atoms with Gasteiger partial charge in [-0.3, -0.25) is 0 Å². The zero-order valence-corrected chi connectivity index (χ0v) is 11.4. The molecule has 0 aromatic heterocycles. The summed E-state index contributed by atoms with van der Waals surface area (Å²) in [5.41, 5.74) is 1.07. The van der Waals surface area contributed by atoms with Gasteiger partial charge in [-0.25, -0.2) is 0 Å². The molecule has 90 valence electrons. The van der Waals surface area contributed by atoms with Gasteiger partial charge in [0.25, 0.3) is 0 Å².